The van der Waals surface area contributed by atoms with Crippen molar-refractivity contribution in [2.24, 2.45) is 0 Å². The molecule has 1 N–H and O–H groups in total. The number of rotatable bonds is 5. The molecule has 2 atom stereocenters. The van der Waals surface area contributed by atoms with E-state index < -0.39 is 17.5 Å². The number of carbonyl (C=O) groups excluding carboxylic acids is 1. The summed E-state index contributed by atoms with van der Waals surface area (Å²) in [6.07, 6.45) is 0. The molecule has 0 spiro atoms. The zero-order valence-electron chi connectivity index (χ0n) is 16.7. The number of halogens is 4. The van der Waals surface area contributed by atoms with Crippen LogP contribution in [-0.4, -0.2) is 29.4 Å². The van der Waals surface area contributed by atoms with Gasteiger partial charge in [-0.1, -0.05) is 47.5 Å². The van der Waals surface area contributed by atoms with E-state index in [0.29, 0.717) is 16.6 Å². The lowest BCUT2D eigenvalue weighted by Crippen LogP contribution is -2.66. The quantitative estimate of drug-likeness (QED) is 0.516. The molecule has 1 heterocycles. The molecule has 0 bridgehead atoms. The highest BCUT2D eigenvalue weighted by Gasteiger charge is 2.41. The van der Waals surface area contributed by atoms with Crippen LogP contribution in [0.1, 0.15) is 34.5 Å². The molecule has 1 saturated heterocycles. The Balaban J connectivity index is 1.53. The fraction of sp³-hybridized carbons (Fsp3) is 0.208. The van der Waals surface area contributed by atoms with Crippen molar-refractivity contribution < 1.29 is 13.6 Å². The zero-order chi connectivity index (χ0) is 22.1. The van der Waals surface area contributed by atoms with Crippen LogP contribution in [0, 0.1) is 11.6 Å². The van der Waals surface area contributed by atoms with Gasteiger partial charge in [0, 0.05) is 34.3 Å². The van der Waals surface area contributed by atoms with Gasteiger partial charge in [0.15, 0.2) is 0 Å². The second-order valence-corrected chi connectivity index (χ2v) is 8.55. The molecule has 4 rings (SSSR count). The number of hydrogen-bond donors (Lipinski definition) is 1. The van der Waals surface area contributed by atoms with Gasteiger partial charge in [-0.15, -0.1) is 0 Å². The van der Waals surface area contributed by atoms with E-state index in [1.807, 2.05) is 55.5 Å². The summed E-state index contributed by atoms with van der Waals surface area (Å²) >= 11 is 12.1. The first-order valence-corrected chi connectivity index (χ1v) is 10.6. The smallest absolute Gasteiger partial charge is 0.251 e. The standard InChI is InChI=1S/C24H20Cl2F2N2O/c1-14-22(29-24(31)17-10-20(27)12-21(28)11-17)13-30(14)23(15-2-6-18(25)7-3-15)16-4-8-19(26)9-5-16/h2-12,14,22-23H,13H2,1H3,(H,29,31)/t14-,22+/m0/s1. The van der Waals surface area contributed by atoms with Gasteiger partial charge >= 0.3 is 0 Å². The summed E-state index contributed by atoms with van der Waals surface area (Å²) < 4.78 is 26.9. The molecule has 0 aromatic heterocycles. The number of nitrogens with one attached hydrogen (secondary N) is 1. The minimum atomic E-state index is -0.779. The summed E-state index contributed by atoms with van der Waals surface area (Å²) in [7, 11) is 0. The third-order valence-electron chi connectivity index (χ3n) is 5.66. The number of amides is 1. The summed E-state index contributed by atoms with van der Waals surface area (Å²) in [5.74, 6) is -2.05. The Morgan fingerprint density at radius 2 is 1.42 bits per heavy atom. The van der Waals surface area contributed by atoms with E-state index in [2.05, 4.69) is 10.2 Å². The molecule has 3 aromatic rings. The fourth-order valence-electron chi connectivity index (χ4n) is 3.95. The van der Waals surface area contributed by atoms with Crippen molar-refractivity contribution in [2.45, 2.75) is 25.0 Å². The monoisotopic (exact) mass is 460 g/mol. The predicted octanol–water partition coefficient (Wildman–Crippen LogP) is 5.86. The van der Waals surface area contributed by atoms with E-state index in [1.165, 1.54) is 0 Å². The Kier molecular flexibility index (Phi) is 6.28. The van der Waals surface area contributed by atoms with Gasteiger partial charge in [-0.2, -0.15) is 0 Å². The van der Waals surface area contributed by atoms with Crippen molar-refractivity contribution in [3.05, 3.63) is 105 Å². The molecule has 1 amide bonds. The number of nitrogens with zero attached hydrogens (tertiary/aromatic N) is 1. The van der Waals surface area contributed by atoms with Gasteiger partial charge in [0.1, 0.15) is 11.6 Å². The second kappa shape index (κ2) is 8.95. The number of carbonyl (C=O) groups is 1. The Labute approximate surface area is 189 Å². The minimum Gasteiger partial charge on any atom is -0.346 e. The average molecular weight is 461 g/mol. The molecule has 3 aromatic carbocycles. The normalized spacial score (nSPS) is 18.6. The van der Waals surface area contributed by atoms with Crippen molar-refractivity contribution in [1.29, 1.82) is 0 Å². The van der Waals surface area contributed by atoms with Gasteiger partial charge in [0.25, 0.3) is 5.91 Å². The van der Waals surface area contributed by atoms with Gasteiger partial charge in [-0.25, -0.2) is 8.78 Å². The maximum absolute atomic E-state index is 13.5. The summed E-state index contributed by atoms with van der Waals surface area (Å²) in [4.78, 5) is 14.8. The second-order valence-electron chi connectivity index (χ2n) is 7.68. The summed E-state index contributed by atoms with van der Waals surface area (Å²) in [5.41, 5.74) is 2.10. The van der Waals surface area contributed by atoms with Crippen LogP contribution in [0.25, 0.3) is 0 Å². The highest BCUT2D eigenvalue weighted by Crippen LogP contribution is 2.36. The Morgan fingerprint density at radius 1 is 0.935 bits per heavy atom. The van der Waals surface area contributed by atoms with Crippen LogP contribution in [0.4, 0.5) is 8.78 Å². The van der Waals surface area contributed by atoms with Crippen LogP contribution >= 0.6 is 23.2 Å². The van der Waals surface area contributed by atoms with E-state index in [4.69, 9.17) is 23.2 Å². The van der Waals surface area contributed by atoms with Crippen LogP contribution in [0.3, 0.4) is 0 Å². The Hall–Kier alpha value is -2.47. The van der Waals surface area contributed by atoms with Crippen molar-refractivity contribution in [2.75, 3.05) is 6.54 Å². The predicted molar refractivity (Wildman–Crippen MR) is 119 cm³/mol. The van der Waals surface area contributed by atoms with Gasteiger partial charge in [-0.05, 0) is 54.4 Å². The molecule has 1 aliphatic heterocycles. The van der Waals surface area contributed by atoms with Crippen molar-refractivity contribution in [1.82, 2.24) is 10.2 Å². The molecular weight excluding hydrogens is 441 g/mol. The molecule has 0 saturated carbocycles. The van der Waals surface area contributed by atoms with Crippen LogP contribution in [-0.2, 0) is 0 Å². The molecular formula is C24H20Cl2F2N2O. The molecule has 160 valence electrons. The molecule has 0 radical (unpaired) electrons. The third kappa shape index (κ3) is 4.74. The van der Waals surface area contributed by atoms with E-state index in [1.54, 1.807) is 0 Å². The average Bonchev–Trinajstić information content (AvgIpc) is 2.74. The van der Waals surface area contributed by atoms with Crippen LogP contribution in [0.15, 0.2) is 66.7 Å². The molecule has 0 aliphatic carbocycles. The Bertz CT molecular complexity index is 1020. The van der Waals surface area contributed by atoms with E-state index in [0.717, 1.165) is 29.3 Å². The van der Waals surface area contributed by atoms with E-state index in [9.17, 15) is 13.6 Å². The lowest BCUT2D eigenvalue weighted by molar-refractivity contribution is 0.0252. The lowest BCUT2D eigenvalue weighted by Gasteiger charge is -2.51. The number of hydrogen-bond acceptors (Lipinski definition) is 2. The largest absolute Gasteiger partial charge is 0.346 e. The van der Waals surface area contributed by atoms with Gasteiger partial charge in [0.2, 0.25) is 0 Å². The topological polar surface area (TPSA) is 32.3 Å². The zero-order valence-corrected chi connectivity index (χ0v) is 18.2. The van der Waals surface area contributed by atoms with Crippen LogP contribution in [0.2, 0.25) is 10.0 Å². The SMILES string of the molecule is C[C@H]1[C@H](NC(=O)c2cc(F)cc(F)c2)CN1C(c1ccc(Cl)cc1)c1ccc(Cl)cc1. The highest BCUT2D eigenvalue weighted by atomic mass is 35.5. The molecule has 7 heteroatoms. The first-order chi connectivity index (χ1) is 14.8. The fourth-order valence-corrected chi connectivity index (χ4v) is 4.20. The van der Waals surface area contributed by atoms with E-state index >= 15 is 0 Å². The number of likely N-dealkylation sites (tertiary alicyclic amines) is 1. The molecule has 1 aliphatic rings. The summed E-state index contributed by atoms with van der Waals surface area (Å²) in [5, 5.41) is 4.20. The third-order valence-corrected chi connectivity index (χ3v) is 6.16. The number of benzene rings is 3. The van der Waals surface area contributed by atoms with Crippen molar-refractivity contribution >= 4 is 29.1 Å². The molecule has 1 fully saturated rings. The van der Waals surface area contributed by atoms with Crippen LogP contribution in [0.5, 0.6) is 0 Å². The van der Waals surface area contributed by atoms with Crippen molar-refractivity contribution in [3.63, 3.8) is 0 Å². The first-order valence-electron chi connectivity index (χ1n) is 9.85. The highest BCUT2D eigenvalue weighted by molar-refractivity contribution is 6.30. The van der Waals surface area contributed by atoms with Gasteiger partial charge in [-0.3, -0.25) is 9.69 Å². The molecule has 3 nitrogen and oxygen atoms in total. The maximum Gasteiger partial charge on any atom is 0.251 e. The Morgan fingerprint density at radius 3 is 1.87 bits per heavy atom. The first kappa shape index (κ1) is 21.8. The summed E-state index contributed by atoms with van der Waals surface area (Å²) in [6.45, 7) is 2.60. The minimum absolute atomic E-state index is 0.00119. The van der Waals surface area contributed by atoms with Crippen LogP contribution < -0.4 is 5.32 Å². The molecule has 31 heavy (non-hydrogen) atoms. The maximum atomic E-state index is 13.5. The van der Waals surface area contributed by atoms with Gasteiger partial charge < -0.3 is 5.32 Å². The van der Waals surface area contributed by atoms with Crippen molar-refractivity contribution in [3.8, 4) is 0 Å². The van der Waals surface area contributed by atoms with Gasteiger partial charge in [0.05, 0.1) is 12.1 Å². The molecule has 0 unspecified atom stereocenters. The summed E-state index contributed by atoms with van der Waals surface area (Å²) in [6, 6.07) is 17.9. The van der Waals surface area contributed by atoms with E-state index in [-0.39, 0.29) is 23.7 Å². The lowest BCUT2D eigenvalue weighted by atomic mass is 9.88.